The van der Waals surface area contributed by atoms with Crippen molar-refractivity contribution in [3.8, 4) is 11.3 Å². The number of pyridine rings is 2. The summed E-state index contributed by atoms with van der Waals surface area (Å²) in [5.74, 6) is 0.157. The zero-order valence-corrected chi connectivity index (χ0v) is 17.6. The molecule has 162 valence electrons. The fourth-order valence-electron chi connectivity index (χ4n) is 3.35. The van der Waals surface area contributed by atoms with Gasteiger partial charge in [-0.1, -0.05) is 42.6 Å². The third-order valence-corrected chi connectivity index (χ3v) is 5.27. The molecule has 1 aliphatic carbocycles. The second-order valence-corrected chi connectivity index (χ2v) is 7.71. The monoisotopic (exact) mass is 442 g/mol. The van der Waals surface area contributed by atoms with Crippen molar-refractivity contribution in [2.24, 2.45) is 5.92 Å². The first-order valence-electron chi connectivity index (χ1n) is 10.0. The second-order valence-electron chi connectivity index (χ2n) is 7.30. The average Bonchev–Trinajstić information content (AvgIpc) is 3.30. The molecule has 2 aromatic heterocycles. The van der Waals surface area contributed by atoms with E-state index in [0.29, 0.717) is 34.5 Å². The van der Waals surface area contributed by atoms with E-state index in [1.54, 1.807) is 12.1 Å². The van der Waals surface area contributed by atoms with Crippen LogP contribution in [-0.2, 0) is 11.3 Å². The summed E-state index contributed by atoms with van der Waals surface area (Å²) in [4.78, 5) is 18.6. The molecule has 3 aromatic rings. The van der Waals surface area contributed by atoms with Gasteiger partial charge >= 0.3 is 5.97 Å². The van der Waals surface area contributed by atoms with Gasteiger partial charge in [-0.2, -0.15) is 0 Å². The number of aliphatic carboxylic acids is 1. The van der Waals surface area contributed by atoms with Crippen LogP contribution in [0.2, 0.25) is 5.02 Å². The van der Waals surface area contributed by atoms with E-state index >= 15 is 0 Å². The lowest BCUT2D eigenvalue weighted by Gasteiger charge is -2.09. The van der Waals surface area contributed by atoms with E-state index in [-0.39, 0.29) is 11.7 Å². The van der Waals surface area contributed by atoms with Crippen LogP contribution in [0.3, 0.4) is 0 Å². The van der Waals surface area contributed by atoms with Crippen LogP contribution in [0.5, 0.6) is 0 Å². The minimum Gasteiger partial charge on any atom is -0.481 e. The number of hydrogen-bond donors (Lipinski definition) is 3. The summed E-state index contributed by atoms with van der Waals surface area (Å²) >= 11 is 6.15. The maximum Gasteiger partial charge on any atom is 0.306 e. The standard InChI is InChI=1S/C17H14ClFN4.C6H10O2/c18-14-10-21-16(20)8-13(14)15-5-2-6-17(23-15)22-9-11-3-1-4-12(19)7-11;7-6(8)5-3-1-2-4-5/h1-8,10H,9H2,(H2,20,21)(H,22,23);5H,1-4H2,(H,7,8). The molecule has 31 heavy (non-hydrogen) atoms. The van der Waals surface area contributed by atoms with Gasteiger partial charge < -0.3 is 16.2 Å². The zero-order chi connectivity index (χ0) is 22.2. The number of carboxylic acids is 1. The first-order valence-corrected chi connectivity index (χ1v) is 10.4. The number of nitrogen functional groups attached to an aromatic ring is 1. The number of benzene rings is 1. The number of carbonyl (C=O) groups is 1. The zero-order valence-electron chi connectivity index (χ0n) is 16.9. The summed E-state index contributed by atoms with van der Waals surface area (Å²) in [5.41, 5.74) is 7.94. The van der Waals surface area contributed by atoms with Gasteiger partial charge in [0, 0.05) is 18.3 Å². The molecule has 0 unspecified atom stereocenters. The highest BCUT2D eigenvalue weighted by Crippen LogP contribution is 2.28. The Bertz CT molecular complexity index is 1040. The number of carboxylic acid groups (broad SMARTS) is 1. The molecule has 1 aromatic carbocycles. The molecule has 0 aliphatic heterocycles. The first-order chi connectivity index (χ1) is 14.9. The maximum atomic E-state index is 13.2. The van der Waals surface area contributed by atoms with E-state index in [4.69, 9.17) is 22.4 Å². The van der Waals surface area contributed by atoms with Crippen molar-refractivity contribution in [1.82, 2.24) is 9.97 Å². The number of nitrogens with one attached hydrogen (secondary N) is 1. The molecule has 4 N–H and O–H groups in total. The number of hydrogen-bond acceptors (Lipinski definition) is 5. The van der Waals surface area contributed by atoms with E-state index < -0.39 is 5.97 Å². The molecule has 0 saturated heterocycles. The Morgan fingerprint density at radius 1 is 1.19 bits per heavy atom. The van der Waals surface area contributed by atoms with E-state index in [1.165, 1.54) is 18.3 Å². The molecule has 1 aliphatic rings. The van der Waals surface area contributed by atoms with Gasteiger partial charge in [0.15, 0.2) is 0 Å². The lowest BCUT2D eigenvalue weighted by atomic mass is 10.1. The van der Waals surface area contributed by atoms with Crippen molar-refractivity contribution in [2.75, 3.05) is 11.1 Å². The quantitative estimate of drug-likeness (QED) is 0.489. The summed E-state index contributed by atoms with van der Waals surface area (Å²) in [6.07, 6.45) is 5.51. The van der Waals surface area contributed by atoms with Gasteiger partial charge in [-0.3, -0.25) is 4.79 Å². The smallest absolute Gasteiger partial charge is 0.306 e. The van der Waals surface area contributed by atoms with Crippen LogP contribution in [0.1, 0.15) is 31.2 Å². The van der Waals surface area contributed by atoms with Crippen LogP contribution >= 0.6 is 11.6 Å². The van der Waals surface area contributed by atoms with E-state index in [1.807, 2.05) is 24.3 Å². The van der Waals surface area contributed by atoms with Gasteiger partial charge in [-0.05, 0) is 48.7 Å². The Morgan fingerprint density at radius 2 is 1.94 bits per heavy atom. The van der Waals surface area contributed by atoms with Crippen molar-refractivity contribution in [2.45, 2.75) is 32.2 Å². The Hall–Kier alpha value is -3.19. The summed E-state index contributed by atoms with van der Waals surface area (Å²) < 4.78 is 13.2. The normalized spacial score (nSPS) is 13.4. The molecular formula is C23H24ClFN4O2. The molecule has 2 heterocycles. The van der Waals surface area contributed by atoms with Gasteiger partial charge in [-0.15, -0.1) is 0 Å². The van der Waals surface area contributed by atoms with Crippen molar-refractivity contribution in [3.63, 3.8) is 0 Å². The highest BCUT2D eigenvalue weighted by Gasteiger charge is 2.21. The molecule has 8 heteroatoms. The summed E-state index contributed by atoms with van der Waals surface area (Å²) in [6.45, 7) is 0.473. The molecule has 1 saturated carbocycles. The van der Waals surface area contributed by atoms with E-state index in [9.17, 15) is 9.18 Å². The molecule has 0 atom stereocenters. The van der Waals surface area contributed by atoms with Crippen LogP contribution in [0, 0.1) is 11.7 Å². The van der Waals surface area contributed by atoms with Crippen LogP contribution in [0.25, 0.3) is 11.3 Å². The summed E-state index contributed by atoms with van der Waals surface area (Å²) in [6, 6.07) is 13.6. The summed E-state index contributed by atoms with van der Waals surface area (Å²) in [7, 11) is 0. The molecular weight excluding hydrogens is 419 g/mol. The average molecular weight is 443 g/mol. The van der Waals surface area contributed by atoms with E-state index in [0.717, 1.165) is 31.2 Å². The van der Waals surface area contributed by atoms with Crippen molar-refractivity contribution in [1.29, 1.82) is 0 Å². The van der Waals surface area contributed by atoms with Crippen molar-refractivity contribution < 1.29 is 14.3 Å². The molecule has 0 radical (unpaired) electrons. The van der Waals surface area contributed by atoms with Gasteiger partial charge in [0.1, 0.15) is 17.5 Å². The Kier molecular flexibility index (Phi) is 7.78. The lowest BCUT2D eigenvalue weighted by molar-refractivity contribution is -0.141. The summed E-state index contributed by atoms with van der Waals surface area (Å²) in [5, 5.41) is 12.1. The number of rotatable bonds is 5. The predicted octanol–water partition coefficient (Wildman–Crippen LogP) is 5.39. The number of anilines is 2. The predicted molar refractivity (Wildman–Crippen MR) is 120 cm³/mol. The lowest BCUT2D eigenvalue weighted by Crippen LogP contribution is -2.07. The van der Waals surface area contributed by atoms with Crippen LogP contribution < -0.4 is 11.1 Å². The number of aromatic nitrogens is 2. The number of halogens is 2. The highest BCUT2D eigenvalue weighted by atomic mass is 35.5. The fraction of sp³-hybridized carbons (Fsp3) is 0.261. The Balaban J connectivity index is 0.000000287. The second kappa shape index (κ2) is 10.7. The largest absolute Gasteiger partial charge is 0.481 e. The van der Waals surface area contributed by atoms with Gasteiger partial charge in [0.2, 0.25) is 0 Å². The molecule has 0 amide bonds. The third-order valence-electron chi connectivity index (χ3n) is 4.97. The number of nitrogens with zero attached hydrogens (tertiary/aromatic N) is 2. The van der Waals surface area contributed by atoms with Gasteiger partial charge in [-0.25, -0.2) is 14.4 Å². The minimum atomic E-state index is -0.609. The molecule has 6 nitrogen and oxygen atoms in total. The first kappa shape index (κ1) is 22.5. The Labute approximate surface area is 185 Å². The molecule has 1 fully saturated rings. The SMILES string of the molecule is Nc1cc(-c2cccc(NCc3cccc(F)c3)n2)c(Cl)cn1.O=C(O)C1CCCC1. The molecule has 0 spiro atoms. The van der Waals surface area contributed by atoms with E-state index in [2.05, 4.69) is 15.3 Å². The van der Waals surface area contributed by atoms with Crippen molar-refractivity contribution in [3.05, 3.63) is 71.1 Å². The Morgan fingerprint density at radius 3 is 2.61 bits per heavy atom. The van der Waals surface area contributed by atoms with Gasteiger partial charge in [0.05, 0.1) is 16.6 Å². The third kappa shape index (κ3) is 6.65. The molecule has 0 bridgehead atoms. The number of nitrogens with two attached hydrogens (primary N) is 1. The van der Waals surface area contributed by atoms with Crippen LogP contribution in [0.4, 0.5) is 16.0 Å². The van der Waals surface area contributed by atoms with Crippen LogP contribution in [0.15, 0.2) is 54.7 Å². The van der Waals surface area contributed by atoms with Crippen molar-refractivity contribution >= 4 is 29.2 Å². The molecule has 4 rings (SSSR count). The highest BCUT2D eigenvalue weighted by molar-refractivity contribution is 6.33. The fourth-order valence-corrected chi connectivity index (χ4v) is 3.55. The minimum absolute atomic E-state index is 0.0185. The van der Waals surface area contributed by atoms with Crippen LogP contribution in [-0.4, -0.2) is 21.0 Å². The van der Waals surface area contributed by atoms with Gasteiger partial charge in [0.25, 0.3) is 0 Å². The maximum absolute atomic E-state index is 13.2. The topological polar surface area (TPSA) is 101 Å².